The van der Waals surface area contributed by atoms with Crippen molar-refractivity contribution >= 4 is 12.2 Å². The number of hydrogen-bond donors (Lipinski definition) is 1. The first kappa shape index (κ1) is 14.1. The van der Waals surface area contributed by atoms with Gasteiger partial charge in [0.25, 0.3) is 0 Å². The average Bonchev–Trinajstić information content (AvgIpc) is 2.82. The Kier molecular flexibility index (Phi) is 3.71. The highest BCUT2D eigenvalue weighted by atomic mass is 32.1. The van der Waals surface area contributed by atoms with E-state index in [4.69, 9.17) is 21.7 Å². The summed E-state index contributed by atoms with van der Waals surface area (Å²) in [5, 5.41) is 7.16. The Bertz CT molecular complexity index is 720. The molecule has 6 heteroatoms. The monoisotopic (exact) mass is 305 g/mol. The Hall–Kier alpha value is -1.82. The van der Waals surface area contributed by atoms with Crippen LogP contribution in [0.4, 0.5) is 0 Å². The van der Waals surface area contributed by atoms with Crippen molar-refractivity contribution in [3.63, 3.8) is 0 Å². The molecule has 5 nitrogen and oxygen atoms in total. The molecule has 0 bridgehead atoms. The van der Waals surface area contributed by atoms with Crippen molar-refractivity contribution in [3.8, 4) is 11.5 Å². The van der Waals surface area contributed by atoms with Crippen molar-refractivity contribution in [2.24, 2.45) is 0 Å². The maximum Gasteiger partial charge on any atom is 0.195 e. The molecule has 0 aliphatic carbocycles. The summed E-state index contributed by atoms with van der Waals surface area (Å²) in [4.78, 5) is 0. The fraction of sp³-hybridized carbons (Fsp3) is 0.467. The lowest BCUT2D eigenvalue weighted by Gasteiger charge is -2.27. The Morgan fingerprint density at radius 1 is 1.33 bits per heavy atom. The Morgan fingerprint density at radius 2 is 2.05 bits per heavy atom. The molecule has 3 rings (SSSR count). The van der Waals surface area contributed by atoms with Crippen molar-refractivity contribution in [2.45, 2.75) is 39.8 Å². The van der Waals surface area contributed by atoms with E-state index in [1.807, 2.05) is 16.7 Å². The van der Waals surface area contributed by atoms with Gasteiger partial charge < -0.3 is 14.0 Å². The minimum atomic E-state index is -0.237. The Balaban J connectivity index is 1.93. The molecular formula is C15H19N3O2S. The molecule has 0 amide bonds. The number of fused-ring (bicyclic) bond motifs is 1. The molecule has 2 aromatic rings. The van der Waals surface area contributed by atoms with E-state index in [1.54, 1.807) is 0 Å². The van der Waals surface area contributed by atoms with Gasteiger partial charge in [0.2, 0.25) is 0 Å². The Morgan fingerprint density at radius 3 is 2.76 bits per heavy atom. The number of aromatic amines is 1. The second-order valence-electron chi connectivity index (χ2n) is 5.34. The number of ether oxygens (including phenoxy) is 2. The van der Waals surface area contributed by atoms with Crippen molar-refractivity contribution in [1.29, 1.82) is 0 Å². The summed E-state index contributed by atoms with van der Waals surface area (Å²) >= 11 is 5.27. The van der Waals surface area contributed by atoms with Crippen LogP contribution < -0.4 is 9.47 Å². The van der Waals surface area contributed by atoms with Gasteiger partial charge in [-0.15, -0.1) is 0 Å². The molecule has 112 valence electrons. The van der Waals surface area contributed by atoms with E-state index >= 15 is 0 Å². The van der Waals surface area contributed by atoms with Crippen LogP contribution in [0.2, 0.25) is 0 Å². The molecule has 1 N–H and O–H groups in total. The maximum atomic E-state index is 6.08. The average molecular weight is 305 g/mol. The summed E-state index contributed by atoms with van der Waals surface area (Å²) in [5.41, 5.74) is 2.38. The molecule has 1 aromatic heterocycles. The highest BCUT2D eigenvalue weighted by Gasteiger charge is 2.27. The maximum absolute atomic E-state index is 6.08. The van der Waals surface area contributed by atoms with Crippen LogP contribution in [0.25, 0.3) is 0 Å². The number of rotatable bonds is 3. The van der Waals surface area contributed by atoms with Crippen molar-refractivity contribution < 1.29 is 9.47 Å². The highest BCUT2D eigenvalue weighted by Crippen LogP contribution is 2.37. The molecule has 0 saturated carbocycles. The lowest BCUT2D eigenvalue weighted by atomic mass is 10.1. The molecule has 0 spiro atoms. The largest absolute Gasteiger partial charge is 0.485 e. The standard InChI is InChI=1S/C15H19N3O2S/c1-4-5-18-14(16-17-15(18)21)13-8-19-11-6-9(2)10(3)7-12(11)20-13/h6-7,13H,4-5,8H2,1-3H3,(H,17,21). The number of nitrogens with one attached hydrogen (secondary N) is 1. The van der Waals surface area contributed by atoms with E-state index < -0.39 is 0 Å². The topological polar surface area (TPSA) is 52.1 Å². The van der Waals surface area contributed by atoms with Crippen LogP contribution in [-0.2, 0) is 6.54 Å². The number of H-pyrrole nitrogens is 1. The molecule has 1 aromatic carbocycles. The quantitative estimate of drug-likeness (QED) is 0.882. The van der Waals surface area contributed by atoms with E-state index in [0.717, 1.165) is 30.3 Å². The Labute approximate surface area is 128 Å². The molecule has 1 unspecified atom stereocenters. The van der Waals surface area contributed by atoms with Gasteiger partial charge in [-0.1, -0.05) is 6.92 Å². The predicted molar refractivity (Wildman–Crippen MR) is 82.5 cm³/mol. The van der Waals surface area contributed by atoms with Crippen LogP contribution in [0.1, 0.15) is 36.4 Å². The van der Waals surface area contributed by atoms with Gasteiger partial charge >= 0.3 is 0 Å². The summed E-state index contributed by atoms with van der Waals surface area (Å²) < 4.78 is 14.5. The molecule has 21 heavy (non-hydrogen) atoms. The zero-order valence-electron chi connectivity index (χ0n) is 12.5. The van der Waals surface area contributed by atoms with Crippen LogP contribution in [-0.4, -0.2) is 21.4 Å². The number of aromatic nitrogens is 3. The molecule has 1 atom stereocenters. The first-order valence-corrected chi connectivity index (χ1v) is 7.56. The highest BCUT2D eigenvalue weighted by molar-refractivity contribution is 7.71. The zero-order chi connectivity index (χ0) is 15.0. The molecule has 1 aliphatic rings. The first-order valence-electron chi connectivity index (χ1n) is 7.16. The van der Waals surface area contributed by atoms with Gasteiger partial charge in [-0.3, -0.25) is 5.10 Å². The van der Waals surface area contributed by atoms with Gasteiger partial charge in [0, 0.05) is 6.54 Å². The fourth-order valence-electron chi connectivity index (χ4n) is 2.46. The third-order valence-electron chi connectivity index (χ3n) is 3.74. The summed E-state index contributed by atoms with van der Waals surface area (Å²) in [6, 6.07) is 4.03. The first-order chi connectivity index (χ1) is 10.1. The van der Waals surface area contributed by atoms with Gasteiger partial charge in [-0.25, -0.2) is 0 Å². The lowest BCUT2D eigenvalue weighted by Crippen LogP contribution is -2.25. The second kappa shape index (κ2) is 5.52. The number of nitrogens with zero attached hydrogens (tertiary/aromatic N) is 2. The molecule has 2 heterocycles. The van der Waals surface area contributed by atoms with Crippen LogP contribution in [0, 0.1) is 18.6 Å². The van der Waals surface area contributed by atoms with Gasteiger partial charge in [0.1, 0.15) is 6.61 Å². The molecule has 1 aliphatic heterocycles. The molecule has 0 saturated heterocycles. The molecule has 0 radical (unpaired) electrons. The third kappa shape index (κ3) is 2.55. The van der Waals surface area contributed by atoms with Crippen LogP contribution in [0.3, 0.4) is 0 Å². The van der Waals surface area contributed by atoms with Gasteiger partial charge in [0.15, 0.2) is 28.2 Å². The van der Waals surface area contributed by atoms with Gasteiger partial charge in [-0.2, -0.15) is 5.10 Å². The molecule has 0 fully saturated rings. The second-order valence-corrected chi connectivity index (χ2v) is 5.73. The van der Waals surface area contributed by atoms with E-state index in [2.05, 4.69) is 31.0 Å². The van der Waals surface area contributed by atoms with Crippen LogP contribution in [0.15, 0.2) is 12.1 Å². The summed E-state index contributed by atoms with van der Waals surface area (Å²) in [6.07, 6.45) is 0.752. The number of benzene rings is 1. The third-order valence-corrected chi connectivity index (χ3v) is 4.05. The molecular weight excluding hydrogens is 286 g/mol. The van der Waals surface area contributed by atoms with E-state index in [9.17, 15) is 0 Å². The van der Waals surface area contributed by atoms with E-state index in [-0.39, 0.29) is 6.10 Å². The van der Waals surface area contributed by atoms with Crippen LogP contribution >= 0.6 is 12.2 Å². The number of aryl methyl sites for hydroxylation is 2. The normalized spacial score (nSPS) is 17.0. The van der Waals surface area contributed by atoms with Crippen molar-refractivity contribution in [3.05, 3.63) is 33.9 Å². The summed E-state index contributed by atoms with van der Waals surface area (Å²) in [6.45, 7) is 7.51. The van der Waals surface area contributed by atoms with Gasteiger partial charge in [0.05, 0.1) is 0 Å². The lowest BCUT2D eigenvalue weighted by molar-refractivity contribution is 0.0818. The zero-order valence-corrected chi connectivity index (χ0v) is 13.3. The summed E-state index contributed by atoms with van der Waals surface area (Å²) in [7, 11) is 0. The minimum Gasteiger partial charge on any atom is -0.485 e. The van der Waals surface area contributed by atoms with Crippen molar-refractivity contribution in [2.75, 3.05) is 6.61 Å². The smallest absolute Gasteiger partial charge is 0.195 e. The van der Waals surface area contributed by atoms with Crippen molar-refractivity contribution in [1.82, 2.24) is 14.8 Å². The van der Waals surface area contributed by atoms with E-state index in [0.29, 0.717) is 11.4 Å². The van der Waals surface area contributed by atoms with Crippen LogP contribution in [0.5, 0.6) is 11.5 Å². The predicted octanol–water partition coefficient (Wildman–Crippen LogP) is 3.48. The minimum absolute atomic E-state index is 0.237. The number of hydrogen-bond acceptors (Lipinski definition) is 4. The fourth-order valence-corrected chi connectivity index (χ4v) is 2.69. The van der Waals surface area contributed by atoms with Gasteiger partial charge in [-0.05, 0) is 55.7 Å². The SMILES string of the molecule is CCCn1c(C2COc3cc(C)c(C)cc3O2)n[nH]c1=S. The summed E-state index contributed by atoms with van der Waals surface area (Å²) in [5.74, 6) is 2.36. The van der Waals surface area contributed by atoms with E-state index in [1.165, 1.54) is 11.1 Å².